The van der Waals surface area contributed by atoms with Crippen LogP contribution in [0.1, 0.15) is 26.2 Å². The van der Waals surface area contributed by atoms with Gasteiger partial charge in [-0.2, -0.15) is 0 Å². The van der Waals surface area contributed by atoms with Crippen molar-refractivity contribution < 1.29 is 9.53 Å². The molecule has 168 valence electrons. The maximum Gasteiger partial charge on any atom is 0.234 e. The molecule has 3 aromatic rings. The Labute approximate surface area is 193 Å². The fraction of sp³-hybridized carbons (Fsp3) is 0.375. The van der Waals surface area contributed by atoms with Gasteiger partial charge in [-0.25, -0.2) is 0 Å². The zero-order valence-electron chi connectivity index (χ0n) is 18.6. The van der Waals surface area contributed by atoms with Crippen molar-refractivity contribution in [1.82, 2.24) is 14.8 Å². The first-order valence-corrected chi connectivity index (χ1v) is 12.0. The fourth-order valence-electron chi connectivity index (χ4n) is 3.89. The third kappa shape index (κ3) is 5.24. The average molecular weight is 452 g/mol. The van der Waals surface area contributed by atoms with E-state index in [0.717, 1.165) is 41.1 Å². The third-order valence-corrected chi connectivity index (χ3v) is 6.53. The molecule has 32 heavy (non-hydrogen) atoms. The van der Waals surface area contributed by atoms with Crippen molar-refractivity contribution in [2.45, 2.75) is 37.9 Å². The van der Waals surface area contributed by atoms with E-state index in [-0.39, 0.29) is 11.7 Å². The quantitative estimate of drug-likeness (QED) is 0.501. The molecular weight excluding hydrogens is 422 g/mol. The number of ether oxygens (including phenoxy) is 1. The molecule has 1 fully saturated rings. The van der Waals surface area contributed by atoms with Gasteiger partial charge in [0.1, 0.15) is 5.75 Å². The highest BCUT2D eigenvalue weighted by molar-refractivity contribution is 7.99. The second-order valence-corrected chi connectivity index (χ2v) is 8.66. The molecule has 0 radical (unpaired) electrons. The molecule has 1 aliphatic rings. The molecular formula is C24H29N5O2S. The molecule has 0 unspecified atom stereocenters. The van der Waals surface area contributed by atoms with Crippen molar-refractivity contribution >= 4 is 29.0 Å². The largest absolute Gasteiger partial charge is 0.497 e. The number of rotatable bonds is 8. The highest BCUT2D eigenvalue weighted by Gasteiger charge is 2.16. The highest BCUT2D eigenvalue weighted by Crippen LogP contribution is 2.27. The van der Waals surface area contributed by atoms with E-state index in [4.69, 9.17) is 4.74 Å². The van der Waals surface area contributed by atoms with Crippen molar-refractivity contribution in [1.29, 1.82) is 0 Å². The molecule has 0 aliphatic carbocycles. The van der Waals surface area contributed by atoms with Gasteiger partial charge < -0.3 is 19.5 Å². The second-order valence-electron chi connectivity index (χ2n) is 7.71. The minimum absolute atomic E-state index is 0.0608. The molecule has 0 saturated carbocycles. The van der Waals surface area contributed by atoms with Crippen LogP contribution in [0.5, 0.6) is 5.75 Å². The number of hydrogen-bond acceptors (Lipinski definition) is 6. The summed E-state index contributed by atoms with van der Waals surface area (Å²) >= 11 is 1.39. The molecule has 1 N–H and O–H groups in total. The van der Waals surface area contributed by atoms with Gasteiger partial charge >= 0.3 is 0 Å². The van der Waals surface area contributed by atoms with Gasteiger partial charge in [-0.3, -0.25) is 4.79 Å². The summed E-state index contributed by atoms with van der Waals surface area (Å²) in [6, 6.07) is 15.9. The molecule has 0 spiro atoms. The Hall–Kier alpha value is -3.00. The summed E-state index contributed by atoms with van der Waals surface area (Å²) in [6.45, 7) is 4.97. The number of thioether (sulfide) groups is 1. The van der Waals surface area contributed by atoms with Gasteiger partial charge in [-0.1, -0.05) is 23.9 Å². The van der Waals surface area contributed by atoms with Crippen LogP contribution in [0.3, 0.4) is 0 Å². The van der Waals surface area contributed by atoms with Gasteiger partial charge in [0.05, 0.1) is 12.9 Å². The van der Waals surface area contributed by atoms with Crippen molar-refractivity contribution in [2.24, 2.45) is 0 Å². The number of nitrogens with one attached hydrogen (secondary N) is 1. The number of methoxy groups -OCH3 is 1. The van der Waals surface area contributed by atoms with E-state index in [0.29, 0.717) is 6.54 Å². The van der Waals surface area contributed by atoms with Crippen molar-refractivity contribution in [3.05, 3.63) is 48.5 Å². The van der Waals surface area contributed by atoms with Crippen molar-refractivity contribution in [3.63, 3.8) is 0 Å². The monoisotopic (exact) mass is 451 g/mol. The smallest absolute Gasteiger partial charge is 0.234 e. The maximum atomic E-state index is 12.5. The van der Waals surface area contributed by atoms with Crippen LogP contribution in [0.15, 0.2) is 53.7 Å². The van der Waals surface area contributed by atoms with E-state index < -0.39 is 0 Å². The lowest BCUT2D eigenvalue weighted by molar-refractivity contribution is -0.113. The number of piperidine rings is 1. The van der Waals surface area contributed by atoms with Crippen LogP contribution in [0.25, 0.3) is 11.4 Å². The number of aromatic nitrogens is 3. The Kier molecular flexibility index (Phi) is 7.32. The summed E-state index contributed by atoms with van der Waals surface area (Å²) in [5.41, 5.74) is 2.97. The predicted molar refractivity (Wildman–Crippen MR) is 130 cm³/mol. The van der Waals surface area contributed by atoms with E-state index in [2.05, 4.69) is 32.5 Å². The molecule has 2 heterocycles. The molecule has 7 nitrogen and oxygen atoms in total. The van der Waals surface area contributed by atoms with Gasteiger partial charge in [-0.05, 0) is 62.6 Å². The van der Waals surface area contributed by atoms with Crippen LogP contribution in [-0.4, -0.2) is 46.6 Å². The molecule has 8 heteroatoms. The molecule has 1 amide bonds. The first kappa shape index (κ1) is 22.2. The summed E-state index contributed by atoms with van der Waals surface area (Å²) in [5.74, 6) is 1.74. The molecule has 1 aliphatic heterocycles. The SMILES string of the molecule is CCn1c(SCC(=O)Nc2ccc(N3CCCCC3)cc2)nnc1-c1cccc(OC)c1. The summed E-state index contributed by atoms with van der Waals surface area (Å²) in [6.07, 6.45) is 3.81. The Balaban J connectivity index is 1.36. The zero-order valence-corrected chi connectivity index (χ0v) is 19.4. The van der Waals surface area contributed by atoms with Gasteiger partial charge in [-0.15, -0.1) is 10.2 Å². The van der Waals surface area contributed by atoms with E-state index >= 15 is 0 Å². The molecule has 0 atom stereocenters. The lowest BCUT2D eigenvalue weighted by atomic mass is 10.1. The van der Waals surface area contributed by atoms with E-state index in [1.165, 1.54) is 36.7 Å². The number of carbonyl (C=O) groups is 1. The molecule has 0 bridgehead atoms. The first-order valence-electron chi connectivity index (χ1n) is 11.0. The summed E-state index contributed by atoms with van der Waals surface area (Å²) in [7, 11) is 1.64. The van der Waals surface area contributed by atoms with Crippen LogP contribution in [0.2, 0.25) is 0 Å². The Morgan fingerprint density at radius 2 is 1.88 bits per heavy atom. The number of amides is 1. The van der Waals surface area contributed by atoms with Crippen LogP contribution >= 0.6 is 11.8 Å². The van der Waals surface area contributed by atoms with Crippen LogP contribution < -0.4 is 15.0 Å². The van der Waals surface area contributed by atoms with Gasteiger partial charge in [0.25, 0.3) is 0 Å². The van der Waals surface area contributed by atoms with Crippen LogP contribution in [0, 0.1) is 0 Å². The molecule has 2 aromatic carbocycles. The standard InChI is InChI=1S/C24H29N5O2S/c1-3-29-23(18-8-7-9-21(16-18)31-2)26-27-24(29)32-17-22(30)25-19-10-12-20(13-11-19)28-14-5-4-6-15-28/h7-13,16H,3-6,14-15,17H2,1-2H3,(H,25,30). The lowest BCUT2D eigenvalue weighted by Crippen LogP contribution is -2.29. The molecule has 4 rings (SSSR count). The molecule has 1 aromatic heterocycles. The number of anilines is 2. The zero-order chi connectivity index (χ0) is 22.3. The predicted octanol–water partition coefficient (Wildman–Crippen LogP) is 4.69. The normalized spacial score (nSPS) is 13.8. The number of nitrogens with zero attached hydrogens (tertiary/aromatic N) is 4. The van der Waals surface area contributed by atoms with Gasteiger partial charge in [0, 0.05) is 36.6 Å². The first-order chi connectivity index (χ1) is 15.7. The lowest BCUT2D eigenvalue weighted by Gasteiger charge is -2.28. The topological polar surface area (TPSA) is 72.3 Å². The minimum atomic E-state index is -0.0608. The van der Waals surface area contributed by atoms with Crippen LogP contribution in [-0.2, 0) is 11.3 Å². The number of carbonyl (C=O) groups excluding carboxylic acids is 1. The van der Waals surface area contributed by atoms with E-state index in [9.17, 15) is 4.79 Å². The van der Waals surface area contributed by atoms with Crippen LogP contribution in [0.4, 0.5) is 11.4 Å². The third-order valence-electron chi connectivity index (χ3n) is 5.57. The number of hydrogen-bond donors (Lipinski definition) is 1. The van der Waals surface area contributed by atoms with E-state index in [1.54, 1.807) is 7.11 Å². The Morgan fingerprint density at radius 3 is 2.59 bits per heavy atom. The van der Waals surface area contributed by atoms with Crippen molar-refractivity contribution in [3.8, 4) is 17.1 Å². The van der Waals surface area contributed by atoms with E-state index in [1.807, 2.05) is 47.9 Å². The van der Waals surface area contributed by atoms with Crippen molar-refractivity contribution in [2.75, 3.05) is 36.2 Å². The Morgan fingerprint density at radius 1 is 1.09 bits per heavy atom. The Bertz CT molecular complexity index is 1040. The second kappa shape index (κ2) is 10.5. The number of benzene rings is 2. The van der Waals surface area contributed by atoms with Gasteiger partial charge in [0.2, 0.25) is 5.91 Å². The minimum Gasteiger partial charge on any atom is -0.497 e. The fourth-order valence-corrected chi connectivity index (χ4v) is 4.69. The summed E-state index contributed by atoms with van der Waals surface area (Å²) < 4.78 is 7.33. The van der Waals surface area contributed by atoms with Gasteiger partial charge in [0.15, 0.2) is 11.0 Å². The average Bonchev–Trinajstić information content (AvgIpc) is 3.27. The maximum absolute atomic E-state index is 12.5. The molecule has 1 saturated heterocycles. The summed E-state index contributed by atoms with van der Waals surface area (Å²) in [5, 5.41) is 12.4. The summed E-state index contributed by atoms with van der Waals surface area (Å²) in [4.78, 5) is 14.9. The highest BCUT2D eigenvalue weighted by atomic mass is 32.2.